The van der Waals surface area contributed by atoms with E-state index in [4.69, 9.17) is 0 Å². The monoisotopic (exact) mass is 383 g/mol. The van der Waals surface area contributed by atoms with Gasteiger partial charge in [-0.15, -0.1) is 0 Å². The van der Waals surface area contributed by atoms with Gasteiger partial charge in [0, 0.05) is 6.04 Å². The Hall–Kier alpha value is -1.57. The Bertz CT molecular complexity index is 755. The van der Waals surface area contributed by atoms with Gasteiger partial charge in [-0.25, -0.2) is 0 Å². The van der Waals surface area contributed by atoms with Crippen LogP contribution in [-0.2, 0) is 6.18 Å². The zero-order valence-electron chi connectivity index (χ0n) is 15.0. The summed E-state index contributed by atoms with van der Waals surface area (Å²) in [4.78, 5) is 12.8. The standard InChI is InChI=1S/C19H24F3N3O2/c20-19(21,22)16-14(9-23-25(16)13-2-1-3-13)17(26)24-15-11-4-10-5-12(15)8-18(27,6-10)7-11/h9-13,15,27H,1-8H2,(H,24,26). The van der Waals surface area contributed by atoms with Crippen LogP contribution in [0.1, 0.15) is 73.5 Å². The van der Waals surface area contributed by atoms with Gasteiger partial charge >= 0.3 is 6.18 Å². The maximum Gasteiger partial charge on any atom is 0.433 e. The SMILES string of the molecule is O=C(NC1C2CC3CC1CC(O)(C3)C2)c1cnn(C2CCC2)c1C(F)(F)F. The van der Waals surface area contributed by atoms with E-state index in [1.54, 1.807) is 0 Å². The molecule has 2 atom stereocenters. The molecule has 148 valence electrons. The first kappa shape index (κ1) is 17.5. The zero-order chi connectivity index (χ0) is 19.0. The second kappa shape index (κ2) is 5.72. The van der Waals surface area contributed by atoms with Crippen LogP contribution in [0.25, 0.3) is 0 Å². The molecule has 1 amide bonds. The van der Waals surface area contributed by atoms with Crippen molar-refractivity contribution in [3.8, 4) is 0 Å². The average Bonchev–Trinajstić information content (AvgIpc) is 2.92. The molecular weight excluding hydrogens is 359 g/mol. The molecule has 1 aromatic heterocycles. The van der Waals surface area contributed by atoms with Crippen molar-refractivity contribution in [3.63, 3.8) is 0 Å². The first-order valence-electron chi connectivity index (χ1n) is 9.91. The summed E-state index contributed by atoms with van der Waals surface area (Å²) in [6.45, 7) is 0. The number of hydrogen-bond donors (Lipinski definition) is 2. The number of carbonyl (C=O) groups is 1. The number of amides is 1. The maximum atomic E-state index is 13.7. The van der Waals surface area contributed by atoms with Crippen LogP contribution < -0.4 is 5.32 Å². The summed E-state index contributed by atoms with van der Waals surface area (Å²) in [5.74, 6) is 0.104. The highest BCUT2D eigenvalue weighted by atomic mass is 19.4. The van der Waals surface area contributed by atoms with Gasteiger partial charge in [0.2, 0.25) is 0 Å². The third kappa shape index (κ3) is 2.79. The van der Waals surface area contributed by atoms with Gasteiger partial charge in [-0.1, -0.05) is 0 Å². The van der Waals surface area contributed by atoms with Crippen LogP contribution in [0.4, 0.5) is 13.2 Å². The van der Waals surface area contributed by atoms with Crippen molar-refractivity contribution in [2.75, 3.05) is 0 Å². The molecule has 1 heterocycles. The summed E-state index contributed by atoms with van der Waals surface area (Å²) in [5, 5.41) is 17.5. The summed E-state index contributed by atoms with van der Waals surface area (Å²) in [5.41, 5.74) is -1.93. The van der Waals surface area contributed by atoms with Crippen LogP contribution in [0.15, 0.2) is 6.20 Å². The fourth-order valence-electron chi connectivity index (χ4n) is 6.17. The molecule has 2 N–H and O–H groups in total. The molecule has 1 aromatic rings. The molecule has 5 saturated carbocycles. The lowest BCUT2D eigenvalue weighted by Gasteiger charge is -2.58. The molecule has 2 unspecified atom stereocenters. The van der Waals surface area contributed by atoms with Crippen LogP contribution in [0, 0.1) is 17.8 Å². The van der Waals surface area contributed by atoms with Crippen molar-refractivity contribution < 1.29 is 23.1 Å². The number of aromatic nitrogens is 2. The molecule has 0 spiro atoms. The van der Waals surface area contributed by atoms with Gasteiger partial charge < -0.3 is 10.4 Å². The van der Waals surface area contributed by atoms with Crippen LogP contribution in [0.5, 0.6) is 0 Å². The summed E-state index contributed by atoms with van der Waals surface area (Å²) in [6.07, 6.45) is 2.66. The smallest absolute Gasteiger partial charge is 0.390 e. The number of nitrogens with one attached hydrogen (secondary N) is 1. The van der Waals surface area contributed by atoms with Gasteiger partial charge in [0.05, 0.1) is 23.4 Å². The van der Waals surface area contributed by atoms with E-state index in [9.17, 15) is 23.1 Å². The van der Waals surface area contributed by atoms with E-state index < -0.39 is 23.4 Å². The Morgan fingerprint density at radius 3 is 2.41 bits per heavy atom. The summed E-state index contributed by atoms with van der Waals surface area (Å²) in [7, 11) is 0. The van der Waals surface area contributed by atoms with Gasteiger partial charge in [-0.05, 0) is 69.1 Å². The van der Waals surface area contributed by atoms with Crippen LogP contribution in [0.3, 0.4) is 0 Å². The molecule has 0 saturated heterocycles. The van der Waals surface area contributed by atoms with Crippen molar-refractivity contribution in [2.45, 2.75) is 75.2 Å². The highest BCUT2D eigenvalue weighted by Crippen LogP contribution is 2.55. The number of alkyl halides is 3. The van der Waals surface area contributed by atoms with E-state index in [2.05, 4.69) is 10.4 Å². The molecule has 8 heteroatoms. The number of rotatable bonds is 3. The Balaban J connectivity index is 1.40. The lowest BCUT2D eigenvalue weighted by Crippen LogP contribution is -2.61. The van der Waals surface area contributed by atoms with Crippen LogP contribution in [0.2, 0.25) is 0 Å². The molecule has 6 rings (SSSR count). The fraction of sp³-hybridized carbons (Fsp3) is 0.789. The molecule has 0 aliphatic heterocycles. The topological polar surface area (TPSA) is 67.2 Å². The number of hydrogen-bond acceptors (Lipinski definition) is 3. The fourth-order valence-corrected chi connectivity index (χ4v) is 6.17. The molecule has 5 aliphatic rings. The number of nitrogens with zero attached hydrogens (tertiary/aromatic N) is 2. The second-order valence-corrected chi connectivity index (χ2v) is 9.13. The van der Waals surface area contributed by atoms with E-state index >= 15 is 0 Å². The Kier molecular flexibility index (Phi) is 3.71. The molecule has 5 aliphatic carbocycles. The van der Waals surface area contributed by atoms with E-state index in [-0.39, 0.29) is 29.5 Å². The minimum absolute atomic E-state index is 0.150. The maximum absolute atomic E-state index is 13.7. The number of carbonyl (C=O) groups excluding carboxylic acids is 1. The van der Waals surface area contributed by atoms with Crippen molar-refractivity contribution in [2.24, 2.45) is 17.8 Å². The molecule has 4 bridgehead atoms. The first-order valence-corrected chi connectivity index (χ1v) is 9.91. The van der Waals surface area contributed by atoms with E-state index in [1.807, 2.05) is 0 Å². The molecule has 5 fully saturated rings. The highest BCUT2D eigenvalue weighted by molar-refractivity contribution is 5.95. The Morgan fingerprint density at radius 2 is 1.89 bits per heavy atom. The molecule has 27 heavy (non-hydrogen) atoms. The summed E-state index contributed by atoms with van der Waals surface area (Å²) in [6, 6.07) is -0.416. The largest absolute Gasteiger partial charge is 0.433 e. The lowest BCUT2D eigenvalue weighted by molar-refractivity contribution is -0.146. The summed E-state index contributed by atoms with van der Waals surface area (Å²) >= 11 is 0. The minimum Gasteiger partial charge on any atom is -0.390 e. The zero-order valence-corrected chi connectivity index (χ0v) is 15.0. The van der Waals surface area contributed by atoms with Crippen molar-refractivity contribution in [3.05, 3.63) is 17.5 Å². The average molecular weight is 383 g/mol. The van der Waals surface area contributed by atoms with Gasteiger partial charge in [0.25, 0.3) is 5.91 Å². The molecule has 0 aromatic carbocycles. The quantitative estimate of drug-likeness (QED) is 0.842. The van der Waals surface area contributed by atoms with Gasteiger partial charge in [-0.3, -0.25) is 9.48 Å². The van der Waals surface area contributed by atoms with Crippen LogP contribution in [-0.4, -0.2) is 32.4 Å². The van der Waals surface area contributed by atoms with Gasteiger partial charge in [-0.2, -0.15) is 18.3 Å². The number of halogens is 3. The van der Waals surface area contributed by atoms with Crippen LogP contribution >= 0.6 is 0 Å². The molecular formula is C19H24F3N3O2. The van der Waals surface area contributed by atoms with Gasteiger partial charge in [0.1, 0.15) is 0 Å². The number of aliphatic hydroxyl groups is 1. The third-order valence-corrected chi connectivity index (χ3v) is 7.27. The lowest BCUT2D eigenvalue weighted by atomic mass is 9.52. The second-order valence-electron chi connectivity index (χ2n) is 9.13. The van der Waals surface area contributed by atoms with Crippen molar-refractivity contribution >= 4 is 5.91 Å². The Labute approximate surface area is 155 Å². The summed E-state index contributed by atoms with van der Waals surface area (Å²) < 4.78 is 42.0. The predicted molar refractivity (Wildman–Crippen MR) is 89.9 cm³/mol. The van der Waals surface area contributed by atoms with E-state index in [0.29, 0.717) is 31.6 Å². The molecule has 5 nitrogen and oxygen atoms in total. The normalized spacial score (nSPS) is 38.1. The first-order chi connectivity index (χ1) is 12.7. The van der Waals surface area contributed by atoms with Crippen molar-refractivity contribution in [1.29, 1.82) is 0 Å². The van der Waals surface area contributed by atoms with E-state index in [1.165, 1.54) is 0 Å². The highest BCUT2D eigenvalue weighted by Gasteiger charge is 2.55. The Morgan fingerprint density at radius 1 is 1.22 bits per heavy atom. The van der Waals surface area contributed by atoms with Gasteiger partial charge in [0.15, 0.2) is 5.69 Å². The minimum atomic E-state index is -4.61. The van der Waals surface area contributed by atoms with Crippen molar-refractivity contribution in [1.82, 2.24) is 15.1 Å². The molecule has 0 radical (unpaired) electrons. The van der Waals surface area contributed by atoms with E-state index in [0.717, 1.165) is 36.6 Å². The third-order valence-electron chi connectivity index (χ3n) is 7.27. The predicted octanol–water partition coefficient (Wildman–Crippen LogP) is 3.30.